The van der Waals surface area contributed by atoms with Crippen LogP contribution in [0, 0.1) is 11.3 Å². The quantitative estimate of drug-likeness (QED) is 0.901. The fourth-order valence-corrected chi connectivity index (χ4v) is 3.28. The Morgan fingerprint density at radius 3 is 2.70 bits per heavy atom. The molecule has 1 N–H and O–H groups in total. The van der Waals surface area contributed by atoms with Gasteiger partial charge in [-0.25, -0.2) is 12.7 Å². The van der Waals surface area contributed by atoms with Crippen molar-refractivity contribution < 1.29 is 8.42 Å². The number of benzene rings is 1. The molecule has 0 unspecified atom stereocenters. The van der Waals surface area contributed by atoms with Crippen molar-refractivity contribution in [2.75, 3.05) is 19.3 Å². The van der Waals surface area contributed by atoms with E-state index in [-0.39, 0.29) is 0 Å². The molecule has 0 amide bonds. The summed E-state index contributed by atoms with van der Waals surface area (Å²) in [6.07, 6.45) is 2.91. The van der Waals surface area contributed by atoms with Gasteiger partial charge in [-0.1, -0.05) is 12.1 Å². The summed E-state index contributed by atoms with van der Waals surface area (Å²) in [6, 6.07) is 9.98. The predicted molar refractivity (Wildman–Crippen MR) is 77.4 cm³/mol. The number of nitrogens with one attached hydrogen (secondary N) is 1. The summed E-state index contributed by atoms with van der Waals surface area (Å²) in [5.74, 6) is 0. The zero-order valence-electron chi connectivity index (χ0n) is 11.5. The third kappa shape index (κ3) is 4.04. The lowest BCUT2D eigenvalue weighted by Gasteiger charge is -2.30. The second-order valence-corrected chi connectivity index (χ2v) is 7.11. The average Bonchev–Trinajstić information content (AvgIpc) is 2.45. The van der Waals surface area contributed by atoms with Crippen LogP contribution in [0.15, 0.2) is 24.3 Å². The average molecular weight is 293 g/mol. The normalized spacial score (nSPS) is 17.8. The van der Waals surface area contributed by atoms with Crippen molar-refractivity contribution in [3.8, 4) is 6.07 Å². The predicted octanol–water partition coefficient (Wildman–Crippen LogP) is 1.07. The van der Waals surface area contributed by atoms with Crippen LogP contribution >= 0.6 is 0 Å². The second kappa shape index (κ2) is 6.35. The van der Waals surface area contributed by atoms with E-state index in [1.165, 1.54) is 10.6 Å². The summed E-state index contributed by atoms with van der Waals surface area (Å²) in [5.41, 5.74) is 1.74. The Morgan fingerprint density at radius 1 is 1.40 bits per heavy atom. The van der Waals surface area contributed by atoms with Crippen LogP contribution in [0.4, 0.5) is 0 Å². The minimum Gasteiger partial charge on any atom is -0.310 e. The highest BCUT2D eigenvalue weighted by atomic mass is 32.2. The van der Waals surface area contributed by atoms with Crippen molar-refractivity contribution in [1.82, 2.24) is 9.62 Å². The van der Waals surface area contributed by atoms with E-state index in [1.54, 1.807) is 6.07 Å². The lowest BCUT2D eigenvalue weighted by atomic mass is 10.1. The van der Waals surface area contributed by atoms with Gasteiger partial charge in [-0.05, 0) is 30.5 Å². The van der Waals surface area contributed by atoms with Crippen molar-refractivity contribution in [2.45, 2.75) is 25.4 Å². The number of rotatable bonds is 4. The summed E-state index contributed by atoms with van der Waals surface area (Å²) in [5, 5.41) is 12.3. The van der Waals surface area contributed by atoms with Gasteiger partial charge in [-0.3, -0.25) is 0 Å². The van der Waals surface area contributed by atoms with Gasteiger partial charge >= 0.3 is 0 Å². The summed E-state index contributed by atoms with van der Waals surface area (Å²) < 4.78 is 24.4. The SMILES string of the molecule is CS(=O)(=O)N1CCC(NCc2cccc(C#N)c2)CC1. The molecular weight excluding hydrogens is 274 g/mol. The van der Waals surface area contributed by atoms with Crippen LogP contribution in [-0.4, -0.2) is 38.1 Å². The first-order valence-corrected chi connectivity index (χ1v) is 8.51. The van der Waals surface area contributed by atoms with Gasteiger partial charge in [0, 0.05) is 25.7 Å². The van der Waals surface area contributed by atoms with Crippen LogP contribution in [0.25, 0.3) is 0 Å². The molecule has 5 nitrogen and oxygen atoms in total. The van der Waals surface area contributed by atoms with Crippen molar-refractivity contribution >= 4 is 10.0 Å². The van der Waals surface area contributed by atoms with E-state index in [0.717, 1.165) is 18.4 Å². The van der Waals surface area contributed by atoms with Gasteiger partial charge in [0.1, 0.15) is 0 Å². The van der Waals surface area contributed by atoms with Gasteiger partial charge in [-0.15, -0.1) is 0 Å². The molecule has 2 rings (SSSR count). The summed E-state index contributed by atoms with van der Waals surface area (Å²) in [4.78, 5) is 0. The van der Waals surface area contributed by atoms with Gasteiger partial charge in [0.15, 0.2) is 0 Å². The topological polar surface area (TPSA) is 73.2 Å². The van der Waals surface area contributed by atoms with Crippen molar-refractivity contribution in [3.63, 3.8) is 0 Å². The van der Waals surface area contributed by atoms with Gasteiger partial charge in [-0.2, -0.15) is 5.26 Å². The van der Waals surface area contributed by atoms with Crippen molar-refractivity contribution in [1.29, 1.82) is 5.26 Å². The molecule has 0 spiro atoms. The lowest BCUT2D eigenvalue weighted by molar-refractivity contribution is 0.290. The maximum atomic E-state index is 11.4. The third-order valence-corrected chi connectivity index (χ3v) is 4.88. The second-order valence-electron chi connectivity index (χ2n) is 5.13. The molecule has 0 radical (unpaired) electrons. The summed E-state index contributed by atoms with van der Waals surface area (Å²) >= 11 is 0. The molecule has 1 aliphatic rings. The largest absolute Gasteiger partial charge is 0.310 e. The maximum Gasteiger partial charge on any atom is 0.211 e. The van der Waals surface area contributed by atoms with Gasteiger partial charge < -0.3 is 5.32 Å². The van der Waals surface area contributed by atoms with Crippen LogP contribution < -0.4 is 5.32 Å². The minimum atomic E-state index is -3.06. The Hall–Kier alpha value is -1.42. The lowest BCUT2D eigenvalue weighted by Crippen LogP contribution is -2.44. The van der Waals surface area contributed by atoms with E-state index in [2.05, 4.69) is 11.4 Å². The molecule has 1 heterocycles. The molecular formula is C14H19N3O2S. The van der Waals surface area contributed by atoms with Gasteiger partial charge in [0.05, 0.1) is 17.9 Å². The van der Waals surface area contributed by atoms with E-state index in [0.29, 0.717) is 31.2 Å². The summed E-state index contributed by atoms with van der Waals surface area (Å²) in [7, 11) is -3.06. The highest BCUT2D eigenvalue weighted by Crippen LogP contribution is 2.14. The molecule has 1 aliphatic heterocycles. The zero-order valence-corrected chi connectivity index (χ0v) is 12.4. The molecule has 20 heavy (non-hydrogen) atoms. The number of piperidine rings is 1. The molecule has 0 bridgehead atoms. The zero-order chi connectivity index (χ0) is 14.6. The van der Waals surface area contributed by atoms with Crippen LogP contribution in [0.1, 0.15) is 24.0 Å². The van der Waals surface area contributed by atoms with E-state index in [4.69, 9.17) is 5.26 Å². The molecule has 0 aromatic heterocycles. The standard InChI is InChI=1S/C14H19N3O2S/c1-20(18,19)17-7-5-14(6-8-17)16-11-13-4-2-3-12(9-13)10-15/h2-4,9,14,16H,5-8,11H2,1H3. The maximum absolute atomic E-state index is 11.4. The van der Waals surface area contributed by atoms with Crippen molar-refractivity contribution in [3.05, 3.63) is 35.4 Å². The van der Waals surface area contributed by atoms with Crippen LogP contribution in [0.5, 0.6) is 0 Å². The van der Waals surface area contributed by atoms with E-state index < -0.39 is 10.0 Å². The van der Waals surface area contributed by atoms with E-state index >= 15 is 0 Å². The number of hydrogen-bond acceptors (Lipinski definition) is 4. The molecule has 1 saturated heterocycles. The minimum absolute atomic E-state index is 0.332. The van der Waals surface area contributed by atoms with Crippen LogP contribution in [-0.2, 0) is 16.6 Å². The molecule has 1 fully saturated rings. The Labute approximate surface area is 120 Å². The van der Waals surface area contributed by atoms with Crippen LogP contribution in [0.3, 0.4) is 0 Å². The van der Waals surface area contributed by atoms with E-state index in [1.807, 2.05) is 18.2 Å². The molecule has 0 aliphatic carbocycles. The van der Waals surface area contributed by atoms with Crippen LogP contribution in [0.2, 0.25) is 0 Å². The Kier molecular flexibility index (Phi) is 4.76. The molecule has 0 saturated carbocycles. The van der Waals surface area contributed by atoms with Gasteiger partial charge in [0.2, 0.25) is 10.0 Å². The number of sulfonamides is 1. The Bertz CT molecular complexity index is 599. The first-order chi connectivity index (χ1) is 9.49. The van der Waals surface area contributed by atoms with E-state index in [9.17, 15) is 8.42 Å². The molecule has 1 aromatic rings. The fourth-order valence-electron chi connectivity index (χ4n) is 2.40. The van der Waals surface area contributed by atoms with Gasteiger partial charge in [0.25, 0.3) is 0 Å². The Morgan fingerprint density at radius 2 is 2.10 bits per heavy atom. The first kappa shape index (κ1) is 15.0. The molecule has 0 atom stereocenters. The fraction of sp³-hybridized carbons (Fsp3) is 0.500. The highest BCUT2D eigenvalue weighted by Gasteiger charge is 2.24. The monoisotopic (exact) mass is 293 g/mol. The molecule has 1 aromatic carbocycles. The third-order valence-electron chi connectivity index (χ3n) is 3.57. The summed E-state index contributed by atoms with van der Waals surface area (Å²) in [6.45, 7) is 1.86. The number of hydrogen-bond donors (Lipinski definition) is 1. The smallest absolute Gasteiger partial charge is 0.211 e. The molecule has 6 heteroatoms. The Balaban J connectivity index is 1.83. The first-order valence-electron chi connectivity index (χ1n) is 6.66. The number of nitrogens with zero attached hydrogens (tertiary/aromatic N) is 2. The molecule has 108 valence electrons. The number of nitriles is 1. The van der Waals surface area contributed by atoms with Crippen molar-refractivity contribution in [2.24, 2.45) is 0 Å². The highest BCUT2D eigenvalue weighted by molar-refractivity contribution is 7.88.